The SMILES string of the molecule is COCc1noc(CN2CCN(C(=O)C(C)OC)CC2)n1. The van der Waals surface area contributed by atoms with E-state index in [-0.39, 0.29) is 12.0 Å². The van der Waals surface area contributed by atoms with Gasteiger partial charge in [-0.1, -0.05) is 5.16 Å². The third-order valence-electron chi connectivity index (χ3n) is 3.53. The van der Waals surface area contributed by atoms with Crippen LogP contribution in [0.1, 0.15) is 18.6 Å². The molecule has 1 atom stereocenters. The number of aromatic nitrogens is 2. The Hall–Kier alpha value is -1.51. The van der Waals surface area contributed by atoms with Crippen molar-refractivity contribution >= 4 is 5.91 Å². The molecule has 1 fully saturated rings. The van der Waals surface area contributed by atoms with Crippen LogP contribution in [-0.4, -0.2) is 72.4 Å². The maximum Gasteiger partial charge on any atom is 0.251 e. The second kappa shape index (κ2) is 7.48. The minimum absolute atomic E-state index is 0.0392. The molecule has 8 heteroatoms. The standard InChI is InChI=1S/C13H22N4O4/c1-10(20-3)13(18)17-6-4-16(5-7-17)8-12-14-11(9-19-2)15-21-12/h10H,4-9H2,1-3H3. The Labute approximate surface area is 124 Å². The third-order valence-corrected chi connectivity index (χ3v) is 3.53. The highest BCUT2D eigenvalue weighted by atomic mass is 16.5. The lowest BCUT2D eigenvalue weighted by atomic mass is 10.2. The van der Waals surface area contributed by atoms with Crippen LogP contribution in [0.15, 0.2) is 4.52 Å². The lowest BCUT2D eigenvalue weighted by molar-refractivity contribution is -0.142. The van der Waals surface area contributed by atoms with Crippen molar-refractivity contribution in [1.29, 1.82) is 0 Å². The number of carbonyl (C=O) groups excluding carboxylic acids is 1. The number of nitrogens with zero attached hydrogens (tertiary/aromatic N) is 4. The highest BCUT2D eigenvalue weighted by molar-refractivity contribution is 5.80. The van der Waals surface area contributed by atoms with E-state index in [9.17, 15) is 4.79 Å². The van der Waals surface area contributed by atoms with E-state index in [1.54, 1.807) is 21.1 Å². The molecule has 0 bridgehead atoms. The van der Waals surface area contributed by atoms with Crippen molar-refractivity contribution in [3.63, 3.8) is 0 Å². The van der Waals surface area contributed by atoms with Gasteiger partial charge >= 0.3 is 0 Å². The van der Waals surface area contributed by atoms with Gasteiger partial charge in [-0.15, -0.1) is 0 Å². The van der Waals surface area contributed by atoms with Gasteiger partial charge in [0.15, 0.2) is 5.82 Å². The van der Waals surface area contributed by atoms with Crippen LogP contribution in [0.25, 0.3) is 0 Å². The molecular formula is C13H22N4O4. The smallest absolute Gasteiger partial charge is 0.251 e. The topological polar surface area (TPSA) is 80.9 Å². The lowest BCUT2D eigenvalue weighted by Gasteiger charge is -2.34. The quantitative estimate of drug-likeness (QED) is 0.725. The van der Waals surface area contributed by atoms with E-state index >= 15 is 0 Å². The fourth-order valence-electron chi connectivity index (χ4n) is 2.22. The van der Waals surface area contributed by atoms with Gasteiger partial charge in [0.25, 0.3) is 5.91 Å². The van der Waals surface area contributed by atoms with Crippen molar-refractivity contribution in [3.05, 3.63) is 11.7 Å². The summed E-state index contributed by atoms with van der Waals surface area (Å²) < 4.78 is 15.2. The number of methoxy groups -OCH3 is 2. The summed E-state index contributed by atoms with van der Waals surface area (Å²) in [5, 5.41) is 3.83. The maximum atomic E-state index is 12.0. The van der Waals surface area contributed by atoms with Gasteiger partial charge in [-0.2, -0.15) is 4.98 Å². The number of hydrogen-bond acceptors (Lipinski definition) is 7. The maximum absolute atomic E-state index is 12.0. The molecule has 0 aromatic carbocycles. The van der Waals surface area contributed by atoms with Crippen LogP contribution < -0.4 is 0 Å². The molecule has 1 aromatic heterocycles. The van der Waals surface area contributed by atoms with Gasteiger partial charge in [0, 0.05) is 40.4 Å². The van der Waals surface area contributed by atoms with E-state index in [2.05, 4.69) is 15.0 Å². The van der Waals surface area contributed by atoms with E-state index in [1.165, 1.54) is 0 Å². The molecule has 1 unspecified atom stereocenters. The minimum Gasteiger partial charge on any atom is -0.377 e. The largest absolute Gasteiger partial charge is 0.377 e. The average molecular weight is 298 g/mol. The van der Waals surface area contributed by atoms with Crippen LogP contribution >= 0.6 is 0 Å². The number of carbonyl (C=O) groups is 1. The van der Waals surface area contributed by atoms with Crippen molar-refractivity contribution in [2.45, 2.75) is 26.2 Å². The molecule has 8 nitrogen and oxygen atoms in total. The van der Waals surface area contributed by atoms with E-state index in [0.29, 0.717) is 38.0 Å². The summed E-state index contributed by atoms with van der Waals surface area (Å²) in [5.41, 5.74) is 0. The monoisotopic (exact) mass is 298 g/mol. The van der Waals surface area contributed by atoms with Gasteiger partial charge in [0.1, 0.15) is 12.7 Å². The zero-order chi connectivity index (χ0) is 15.2. The van der Waals surface area contributed by atoms with Gasteiger partial charge in [-0.3, -0.25) is 9.69 Å². The van der Waals surface area contributed by atoms with Crippen molar-refractivity contribution in [1.82, 2.24) is 19.9 Å². The summed E-state index contributed by atoms with van der Waals surface area (Å²) in [7, 11) is 3.14. The van der Waals surface area contributed by atoms with Gasteiger partial charge < -0.3 is 18.9 Å². The number of rotatable bonds is 6. The third kappa shape index (κ3) is 4.23. The van der Waals surface area contributed by atoms with Crippen molar-refractivity contribution in [3.8, 4) is 0 Å². The van der Waals surface area contributed by atoms with Crippen molar-refractivity contribution in [2.24, 2.45) is 0 Å². The Morgan fingerprint density at radius 3 is 2.67 bits per heavy atom. The Balaban J connectivity index is 1.79. The number of ether oxygens (including phenoxy) is 2. The fraction of sp³-hybridized carbons (Fsp3) is 0.769. The molecule has 2 heterocycles. The molecule has 21 heavy (non-hydrogen) atoms. The molecule has 1 aliphatic heterocycles. The van der Waals surface area contributed by atoms with Gasteiger partial charge in [-0.25, -0.2) is 0 Å². The fourth-order valence-corrected chi connectivity index (χ4v) is 2.22. The Bertz CT molecular complexity index is 457. The molecule has 1 aliphatic rings. The van der Waals surface area contributed by atoms with Crippen molar-refractivity contribution in [2.75, 3.05) is 40.4 Å². The van der Waals surface area contributed by atoms with Gasteiger partial charge in [0.2, 0.25) is 5.89 Å². The average Bonchev–Trinajstić information content (AvgIpc) is 2.94. The molecule has 2 rings (SSSR count). The zero-order valence-electron chi connectivity index (χ0n) is 12.7. The number of piperazine rings is 1. The zero-order valence-corrected chi connectivity index (χ0v) is 12.7. The first kappa shape index (κ1) is 15.9. The summed E-state index contributed by atoms with van der Waals surface area (Å²) in [6, 6.07) is 0. The lowest BCUT2D eigenvalue weighted by Crippen LogP contribution is -2.50. The predicted octanol–water partition coefficient (Wildman–Crippen LogP) is -0.105. The van der Waals surface area contributed by atoms with E-state index in [1.807, 2.05) is 4.90 Å². The van der Waals surface area contributed by atoms with Crippen LogP contribution in [-0.2, 0) is 27.4 Å². The molecule has 1 saturated heterocycles. The Morgan fingerprint density at radius 2 is 2.05 bits per heavy atom. The summed E-state index contributed by atoms with van der Waals surface area (Å²) in [5.74, 6) is 1.17. The highest BCUT2D eigenvalue weighted by Gasteiger charge is 2.25. The molecule has 0 aliphatic carbocycles. The van der Waals surface area contributed by atoms with Crippen LogP contribution in [0.2, 0.25) is 0 Å². The van der Waals surface area contributed by atoms with E-state index in [4.69, 9.17) is 14.0 Å². The molecule has 118 valence electrons. The summed E-state index contributed by atoms with van der Waals surface area (Å²) in [4.78, 5) is 20.3. The summed E-state index contributed by atoms with van der Waals surface area (Å²) in [6.45, 7) is 5.65. The first-order valence-corrected chi connectivity index (χ1v) is 6.98. The molecule has 1 amide bonds. The van der Waals surface area contributed by atoms with E-state index in [0.717, 1.165) is 13.1 Å². The normalized spacial score (nSPS) is 18.0. The van der Waals surface area contributed by atoms with Gasteiger partial charge in [0.05, 0.1) is 6.54 Å². The van der Waals surface area contributed by atoms with E-state index < -0.39 is 0 Å². The Kier molecular flexibility index (Phi) is 5.66. The molecule has 0 N–H and O–H groups in total. The van der Waals surface area contributed by atoms with Crippen LogP contribution in [0.3, 0.4) is 0 Å². The first-order valence-electron chi connectivity index (χ1n) is 6.98. The highest BCUT2D eigenvalue weighted by Crippen LogP contribution is 2.09. The number of hydrogen-bond donors (Lipinski definition) is 0. The predicted molar refractivity (Wildman–Crippen MR) is 73.3 cm³/mol. The molecule has 0 saturated carbocycles. The number of amides is 1. The summed E-state index contributed by atoms with van der Waals surface area (Å²) in [6.07, 6.45) is -0.385. The van der Waals surface area contributed by atoms with Crippen LogP contribution in [0.4, 0.5) is 0 Å². The summed E-state index contributed by atoms with van der Waals surface area (Å²) >= 11 is 0. The second-order valence-corrected chi connectivity index (χ2v) is 5.02. The van der Waals surface area contributed by atoms with Crippen LogP contribution in [0.5, 0.6) is 0 Å². The van der Waals surface area contributed by atoms with Gasteiger partial charge in [-0.05, 0) is 6.92 Å². The second-order valence-electron chi connectivity index (χ2n) is 5.02. The van der Waals surface area contributed by atoms with Crippen molar-refractivity contribution < 1.29 is 18.8 Å². The molecule has 0 spiro atoms. The molecule has 0 radical (unpaired) electrons. The first-order chi connectivity index (χ1) is 10.1. The molecular weight excluding hydrogens is 276 g/mol. The molecule has 1 aromatic rings. The Morgan fingerprint density at radius 1 is 1.33 bits per heavy atom. The van der Waals surface area contributed by atoms with Crippen LogP contribution in [0, 0.1) is 0 Å². The minimum atomic E-state index is -0.385.